The standard InChI is InChI=1S/C16H21F2NO4/c1-2-3-4-13(15(21)22)19-14(20)10-7-11-5-8-12(9-6-11)23-16(17)18/h5-6,8-9,13,16H,2-4,7,10H2,1H3,(H,19,20)(H,21,22). The average molecular weight is 329 g/mol. The van der Waals surface area contributed by atoms with Crippen LogP contribution in [-0.4, -0.2) is 29.6 Å². The third-order valence-corrected chi connectivity index (χ3v) is 3.27. The van der Waals surface area contributed by atoms with Crippen molar-refractivity contribution in [3.05, 3.63) is 29.8 Å². The fourth-order valence-electron chi connectivity index (χ4n) is 2.03. The first-order valence-electron chi connectivity index (χ1n) is 7.48. The number of halogens is 2. The summed E-state index contributed by atoms with van der Waals surface area (Å²) in [6.45, 7) is -0.926. The van der Waals surface area contributed by atoms with Gasteiger partial charge in [0, 0.05) is 6.42 Å². The highest BCUT2D eigenvalue weighted by atomic mass is 19.3. The van der Waals surface area contributed by atoms with Crippen molar-refractivity contribution in [3.8, 4) is 5.75 Å². The van der Waals surface area contributed by atoms with E-state index in [1.807, 2.05) is 6.92 Å². The van der Waals surface area contributed by atoms with Crippen molar-refractivity contribution in [3.63, 3.8) is 0 Å². The van der Waals surface area contributed by atoms with Crippen LogP contribution in [0.25, 0.3) is 0 Å². The second-order valence-corrected chi connectivity index (χ2v) is 5.12. The lowest BCUT2D eigenvalue weighted by Crippen LogP contribution is -2.40. The highest BCUT2D eigenvalue weighted by Gasteiger charge is 2.18. The number of ether oxygens (including phenoxy) is 1. The molecular weight excluding hydrogens is 308 g/mol. The summed E-state index contributed by atoms with van der Waals surface area (Å²) in [5.41, 5.74) is 0.780. The molecule has 7 heteroatoms. The lowest BCUT2D eigenvalue weighted by molar-refractivity contribution is -0.142. The highest BCUT2D eigenvalue weighted by molar-refractivity contribution is 5.83. The van der Waals surface area contributed by atoms with Gasteiger partial charge in [-0.1, -0.05) is 31.9 Å². The number of carbonyl (C=O) groups is 2. The van der Waals surface area contributed by atoms with E-state index in [2.05, 4.69) is 10.1 Å². The minimum Gasteiger partial charge on any atom is -0.480 e. The predicted octanol–water partition coefficient (Wildman–Crippen LogP) is 2.98. The van der Waals surface area contributed by atoms with Gasteiger partial charge in [0.2, 0.25) is 5.91 Å². The van der Waals surface area contributed by atoms with E-state index in [0.29, 0.717) is 12.8 Å². The van der Waals surface area contributed by atoms with Crippen LogP contribution in [0.2, 0.25) is 0 Å². The van der Waals surface area contributed by atoms with Crippen LogP contribution in [0, 0.1) is 0 Å². The number of carbonyl (C=O) groups excluding carboxylic acids is 1. The van der Waals surface area contributed by atoms with Gasteiger partial charge in [-0.15, -0.1) is 0 Å². The molecule has 2 N–H and O–H groups in total. The van der Waals surface area contributed by atoms with E-state index in [9.17, 15) is 18.4 Å². The van der Waals surface area contributed by atoms with E-state index in [-0.39, 0.29) is 18.1 Å². The summed E-state index contributed by atoms with van der Waals surface area (Å²) < 4.78 is 28.3. The number of carboxylic acid groups (broad SMARTS) is 1. The average Bonchev–Trinajstić information content (AvgIpc) is 2.50. The highest BCUT2D eigenvalue weighted by Crippen LogP contribution is 2.15. The second-order valence-electron chi connectivity index (χ2n) is 5.12. The van der Waals surface area contributed by atoms with Crippen molar-refractivity contribution >= 4 is 11.9 Å². The number of carboxylic acids is 1. The lowest BCUT2D eigenvalue weighted by atomic mass is 10.1. The summed E-state index contributed by atoms with van der Waals surface area (Å²) in [6, 6.07) is 5.12. The van der Waals surface area contributed by atoms with Gasteiger partial charge >= 0.3 is 12.6 Å². The molecular formula is C16H21F2NO4. The van der Waals surface area contributed by atoms with Gasteiger partial charge in [-0.25, -0.2) is 4.79 Å². The summed E-state index contributed by atoms with van der Waals surface area (Å²) in [7, 11) is 0. The molecule has 1 aromatic carbocycles. The Hall–Kier alpha value is -2.18. The van der Waals surface area contributed by atoms with Gasteiger partial charge in [0.05, 0.1) is 0 Å². The van der Waals surface area contributed by atoms with Crippen LogP contribution in [-0.2, 0) is 16.0 Å². The SMILES string of the molecule is CCCCC(NC(=O)CCc1ccc(OC(F)F)cc1)C(=O)O. The monoisotopic (exact) mass is 329 g/mol. The number of unbranched alkanes of at least 4 members (excludes halogenated alkanes) is 1. The molecule has 1 atom stereocenters. The van der Waals surface area contributed by atoms with Gasteiger partial charge in [0.15, 0.2) is 0 Å². The Balaban J connectivity index is 2.44. The Morgan fingerprint density at radius 3 is 2.43 bits per heavy atom. The summed E-state index contributed by atoms with van der Waals surface area (Å²) in [5, 5.41) is 11.5. The first-order valence-corrected chi connectivity index (χ1v) is 7.48. The molecule has 23 heavy (non-hydrogen) atoms. The number of hydrogen-bond acceptors (Lipinski definition) is 3. The number of benzene rings is 1. The molecule has 0 spiro atoms. The molecule has 1 amide bonds. The van der Waals surface area contributed by atoms with Crippen molar-refractivity contribution < 1.29 is 28.2 Å². The minimum atomic E-state index is -2.87. The molecule has 0 aliphatic carbocycles. The van der Waals surface area contributed by atoms with Gasteiger partial charge in [0.25, 0.3) is 0 Å². The zero-order valence-electron chi connectivity index (χ0n) is 12.9. The number of alkyl halides is 2. The zero-order chi connectivity index (χ0) is 17.2. The van der Waals surface area contributed by atoms with Crippen LogP contribution < -0.4 is 10.1 Å². The van der Waals surface area contributed by atoms with Crippen molar-refractivity contribution in [1.29, 1.82) is 0 Å². The van der Waals surface area contributed by atoms with E-state index in [0.717, 1.165) is 18.4 Å². The van der Waals surface area contributed by atoms with E-state index >= 15 is 0 Å². The largest absolute Gasteiger partial charge is 0.480 e. The normalized spacial score (nSPS) is 12.0. The van der Waals surface area contributed by atoms with Gasteiger partial charge in [-0.2, -0.15) is 8.78 Å². The third-order valence-electron chi connectivity index (χ3n) is 3.27. The Morgan fingerprint density at radius 2 is 1.91 bits per heavy atom. The Labute approximate surface area is 133 Å². The molecule has 1 aromatic rings. The fraction of sp³-hybridized carbons (Fsp3) is 0.500. The van der Waals surface area contributed by atoms with E-state index in [4.69, 9.17) is 5.11 Å². The topological polar surface area (TPSA) is 75.6 Å². The molecule has 128 valence electrons. The van der Waals surface area contributed by atoms with E-state index in [1.165, 1.54) is 12.1 Å². The van der Waals surface area contributed by atoms with Crippen LogP contribution in [0.3, 0.4) is 0 Å². The van der Waals surface area contributed by atoms with Gasteiger partial charge in [0.1, 0.15) is 11.8 Å². The molecule has 0 radical (unpaired) electrons. The first kappa shape index (κ1) is 18.9. The molecule has 0 aliphatic rings. The maximum absolute atomic E-state index is 12.0. The van der Waals surface area contributed by atoms with Crippen LogP contribution >= 0.6 is 0 Å². The summed E-state index contributed by atoms with van der Waals surface area (Å²) in [5.74, 6) is -1.33. The molecule has 1 unspecified atom stereocenters. The van der Waals surface area contributed by atoms with Crippen molar-refractivity contribution in [2.45, 2.75) is 51.7 Å². The summed E-state index contributed by atoms with van der Waals surface area (Å²) in [4.78, 5) is 22.9. The quantitative estimate of drug-likeness (QED) is 0.692. The summed E-state index contributed by atoms with van der Waals surface area (Å²) >= 11 is 0. The van der Waals surface area contributed by atoms with Crippen LogP contribution in [0.4, 0.5) is 8.78 Å². The van der Waals surface area contributed by atoms with Crippen molar-refractivity contribution in [2.75, 3.05) is 0 Å². The minimum absolute atomic E-state index is 0.0544. The zero-order valence-corrected chi connectivity index (χ0v) is 12.9. The molecule has 1 rings (SSSR count). The molecule has 0 bridgehead atoms. The number of rotatable bonds is 10. The Kier molecular flexibility index (Phi) is 8.01. The molecule has 0 aromatic heterocycles. The molecule has 0 fully saturated rings. The van der Waals surface area contributed by atoms with Crippen LogP contribution in [0.15, 0.2) is 24.3 Å². The Morgan fingerprint density at radius 1 is 1.26 bits per heavy atom. The van der Waals surface area contributed by atoms with Crippen molar-refractivity contribution in [2.24, 2.45) is 0 Å². The maximum atomic E-state index is 12.0. The number of aliphatic carboxylic acids is 1. The number of aryl methyl sites for hydroxylation is 1. The number of amides is 1. The molecule has 5 nitrogen and oxygen atoms in total. The molecule has 0 saturated heterocycles. The summed E-state index contributed by atoms with van der Waals surface area (Å²) in [6.07, 6.45) is 2.50. The molecule has 0 aliphatic heterocycles. The van der Waals surface area contributed by atoms with Gasteiger partial charge in [-0.05, 0) is 30.5 Å². The number of hydrogen-bond donors (Lipinski definition) is 2. The molecule has 0 heterocycles. The molecule has 0 saturated carbocycles. The fourth-order valence-corrected chi connectivity index (χ4v) is 2.03. The van der Waals surface area contributed by atoms with E-state index < -0.39 is 18.6 Å². The predicted molar refractivity (Wildman–Crippen MR) is 80.5 cm³/mol. The number of nitrogens with one attached hydrogen (secondary N) is 1. The van der Waals surface area contributed by atoms with Crippen molar-refractivity contribution in [1.82, 2.24) is 5.32 Å². The van der Waals surface area contributed by atoms with Gasteiger partial charge < -0.3 is 15.2 Å². The smallest absolute Gasteiger partial charge is 0.387 e. The maximum Gasteiger partial charge on any atom is 0.387 e. The second kappa shape index (κ2) is 9.76. The first-order chi connectivity index (χ1) is 10.9. The lowest BCUT2D eigenvalue weighted by Gasteiger charge is -2.14. The van der Waals surface area contributed by atoms with Crippen LogP contribution in [0.1, 0.15) is 38.2 Å². The van der Waals surface area contributed by atoms with Crippen LogP contribution in [0.5, 0.6) is 5.75 Å². The van der Waals surface area contributed by atoms with Gasteiger partial charge in [-0.3, -0.25) is 4.79 Å². The van der Waals surface area contributed by atoms with E-state index in [1.54, 1.807) is 12.1 Å². The third kappa shape index (κ3) is 7.58. The Bertz CT molecular complexity index is 505.